The van der Waals surface area contributed by atoms with E-state index in [1.54, 1.807) is 12.1 Å². The maximum atomic E-state index is 13.1. The molecule has 5 rings (SSSR count). The third-order valence-electron chi connectivity index (χ3n) is 5.94. The van der Waals surface area contributed by atoms with E-state index in [1.165, 1.54) is 5.56 Å². The monoisotopic (exact) mass is 405 g/mol. The molecule has 3 aromatic carbocycles. The smallest absolute Gasteiger partial charge is 0.325 e. The maximum Gasteiger partial charge on any atom is 0.325 e. The molecule has 0 aromatic heterocycles. The SMILES string of the molecule is O=C(O)[C@@]1(NS(=O)(=O)c2ccc3c(c2)Cc2ccccc2-3)C[C@H]1c1ccccc1. The Morgan fingerprint density at radius 1 is 0.931 bits per heavy atom. The minimum absolute atomic E-state index is 0.100. The van der Waals surface area contributed by atoms with Crippen molar-refractivity contribution in [2.45, 2.75) is 29.2 Å². The molecule has 6 heteroatoms. The molecule has 0 radical (unpaired) electrons. The number of rotatable bonds is 5. The highest BCUT2D eigenvalue weighted by atomic mass is 32.2. The first kappa shape index (κ1) is 18.1. The van der Waals surface area contributed by atoms with Gasteiger partial charge in [-0.3, -0.25) is 4.79 Å². The average molecular weight is 405 g/mol. The lowest BCUT2D eigenvalue weighted by Crippen LogP contribution is -2.44. The van der Waals surface area contributed by atoms with Gasteiger partial charge in [-0.1, -0.05) is 60.7 Å². The summed E-state index contributed by atoms with van der Waals surface area (Å²) in [6.45, 7) is 0. The normalized spacial score (nSPS) is 22.0. The third kappa shape index (κ3) is 2.87. The lowest BCUT2D eigenvalue weighted by atomic mass is 10.1. The van der Waals surface area contributed by atoms with Crippen LogP contribution in [0.1, 0.15) is 29.0 Å². The fourth-order valence-electron chi connectivity index (χ4n) is 4.33. The van der Waals surface area contributed by atoms with E-state index >= 15 is 0 Å². The van der Waals surface area contributed by atoms with Gasteiger partial charge in [0.1, 0.15) is 5.54 Å². The maximum absolute atomic E-state index is 13.1. The molecule has 29 heavy (non-hydrogen) atoms. The van der Waals surface area contributed by atoms with Crippen LogP contribution in [0.15, 0.2) is 77.7 Å². The fraction of sp³-hybridized carbons (Fsp3) is 0.174. The van der Waals surface area contributed by atoms with Gasteiger partial charge in [0.15, 0.2) is 0 Å². The third-order valence-corrected chi connectivity index (χ3v) is 7.44. The summed E-state index contributed by atoms with van der Waals surface area (Å²) in [5, 5.41) is 9.79. The van der Waals surface area contributed by atoms with Crippen molar-refractivity contribution in [1.29, 1.82) is 0 Å². The number of hydrogen-bond acceptors (Lipinski definition) is 3. The van der Waals surface area contributed by atoms with E-state index in [9.17, 15) is 18.3 Å². The van der Waals surface area contributed by atoms with Crippen molar-refractivity contribution in [2.24, 2.45) is 0 Å². The number of carboxylic acid groups (broad SMARTS) is 1. The summed E-state index contributed by atoms with van der Waals surface area (Å²) in [7, 11) is -3.98. The first-order valence-corrected chi connectivity index (χ1v) is 10.9. The molecule has 0 amide bonds. The zero-order valence-corrected chi connectivity index (χ0v) is 16.3. The largest absolute Gasteiger partial charge is 0.480 e. The number of carboxylic acids is 1. The van der Waals surface area contributed by atoms with Crippen LogP contribution < -0.4 is 4.72 Å². The average Bonchev–Trinajstić information content (AvgIpc) is 3.32. The first-order valence-electron chi connectivity index (χ1n) is 9.44. The van der Waals surface area contributed by atoms with E-state index < -0.39 is 21.5 Å². The summed E-state index contributed by atoms with van der Waals surface area (Å²) in [6, 6.07) is 22.2. The number of sulfonamides is 1. The Bertz CT molecular complexity index is 1240. The van der Waals surface area contributed by atoms with Gasteiger partial charge < -0.3 is 5.11 Å². The van der Waals surface area contributed by atoms with Crippen LogP contribution >= 0.6 is 0 Å². The predicted octanol–water partition coefficient (Wildman–Crippen LogP) is 3.55. The molecule has 2 atom stereocenters. The predicted molar refractivity (Wildman–Crippen MR) is 109 cm³/mol. The quantitative estimate of drug-likeness (QED) is 0.532. The van der Waals surface area contributed by atoms with Gasteiger partial charge in [-0.05, 0) is 52.8 Å². The van der Waals surface area contributed by atoms with E-state index in [2.05, 4.69) is 4.72 Å². The minimum Gasteiger partial charge on any atom is -0.480 e. The van der Waals surface area contributed by atoms with Crippen molar-refractivity contribution in [3.8, 4) is 11.1 Å². The molecule has 5 nitrogen and oxygen atoms in total. The van der Waals surface area contributed by atoms with Crippen LogP contribution in [-0.4, -0.2) is 25.0 Å². The van der Waals surface area contributed by atoms with Gasteiger partial charge in [-0.25, -0.2) is 8.42 Å². The molecule has 1 fully saturated rings. The summed E-state index contributed by atoms with van der Waals surface area (Å²) < 4.78 is 28.6. The van der Waals surface area contributed by atoms with Crippen LogP contribution in [0.4, 0.5) is 0 Å². The molecule has 0 aliphatic heterocycles. The highest BCUT2D eigenvalue weighted by Crippen LogP contribution is 2.52. The van der Waals surface area contributed by atoms with Crippen LogP contribution in [0, 0.1) is 0 Å². The molecule has 3 aromatic rings. The van der Waals surface area contributed by atoms with Gasteiger partial charge in [0.05, 0.1) is 4.90 Å². The molecular formula is C23H19NO4S. The molecular weight excluding hydrogens is 386 g/mol. The molecule has 0 bridgehead atoms. The number of fused-ring (bicyclic) bond motifs is 3. The molecule has 146 valence electrons. The van der Waals surface area contributed by atoms with E-state index in [0.29, 0.717) is 6.42 Å². The Kier molecular flexibility index (Phi) is 3.91. The van der Waals surface area contributed by atoms with Crippen molar-refractivity contribution in [3.63, 3.8) is 0 Å². The molecule has 2 aliphatic carbocycles. The molecule has 2 aliphatic rings. The van der Waals surface area contributed by atoms with Gasteiger partial charge >= 0.3 is 5.97 Å². The van der Waals surface area contributed by atoms with Crippen molar-refractivity contribution in [3.05, 3.63) is 89.5 Å². The molecule has 0 unspecified atom stereocenters. The number of aliphatic carboxylic acids is 1. The summed E-state index contributed by atoms with van der Waals surface area (Å²) in [5.41, 5.74) is 3.57. The van der Waals surface area contributed by atoms with Crippen LogP contribution in [0.2, 0.25) is 0 Å². The zero-order valence-electron chi connectivity index (χ0n) is 15.5. The van der Waals surface area contributed by atoms with E-state index in [4.69, 9.17) is 0 Å². The summed E-state index contributed by atoms with van der Waals surface area (Å²) >= 11 is 0. The van der Waals surface area contributed by atoms with Crippen molar-refractivity contribution >= 4 is 16.0 Å². The second-order valence-electron chi connectivity index (χ2n) is 7.70. The Balaban J connectivity index is 1.46. The summed E-state index contributed by atoms with van der Waals surface area (Å²) in [4.78, 5) is 12.1. The standard InChI is InChI=1S/C23H19NO4S/c25-22(26)23(14-21(23)15-6-2-1-3-7-15)24-29(27,28)18-10-11-20-17(13-18)12-16-8-4-5-9-19(16)20/h1-11,13,21,24H,12,14H2,(H,25,26)/t21-,23+/m0/s1. The second-order valence-corrected chi connectivity index (χ2v) is 9.38. The molecule has 0 heterocycles. The summed E-state index contributed by atoms with van der Waals surface area (Å²) in [6.07, 6.45) is 0.910. The van der Waals surface area contributed by atoms with E-state index in [1.807, 2.05) is 60.7 Å². The van der Waals surface area contributed by atoms with Crippen molar-refractivity contribution in [2.75, 3.05) is 0 Å². The van der Waals surface area contributed by atoms with E-state index in [0.717, 1.165) is 22.3 Å². The Morgan fingerprint density at radius 3 is 2.38 bits per heavy atom. The van der Waals surface area contributed by atoms with Crippen molar-refractivity contribution < 1.29 is 18.3 Å². The fourth-order valence-corrected chi connectivity index (χ4v) is 5.79. The van der Waals surface area contributed by atoms with Gasteiger partial charge in [0.25, 0.3) is 0 Å². The van der Waals surface area contributed by atoms with Gasteiger partial charge in [-0.2, -0.15) is 4.72 Å². The number of carbonyl (C=O) groups is 1. The Morgan fingerprint density at radius 2 is 1.62 bits per heavy atom. The Hall–Kier alpha value is -2.96. The number of hydrogen-bond donors (Lipinski definition) is 2. The van der Waals surface area contributed by atoms with Gasteiger partial charge in [-0.15, -0.1) is 0 Å². The van der Waals surface area contributed by atoms with Crippen LogP contribution in [0.3, 0.4) is 0 Å². The topological polar surface area (TPSA) is 83.5 Å². The molecule has 1 saturated carbocycles. The number of benzene rings is 3. The number of nitrogens with one attached hydrogen (secondary N) is 1. The van der Waals surface area contributed by atoms with Gasteiger partial charge in [0, 0.05) is 5.92 Å². The first-order chi connectivity index (χ1) is 13.9. The van der Waals surface area contributed by atoms with Crippen LogP contribution in [0.25, 0.3) is 11.1 Å². The highest BCUT2D eigenvalue weighted by Gasteiger charge is 2.63. The molecule has 0 saturated heterocycles. The van der Waals surface area contributed by atoms with Crippen LogP contribution in [-0.2, 0) is 21.2 Å². The highest BCUT2D eigenvalue weighted by molar-refractivity contribution is 7.89. The van der Waals surface area contributed by atoms with Crippen LogP contribution in [0.5, 0.6) is 0 Å². The van der Waals surface area contributed by atoms with Crippen molar-refractivity contribution in [1.82, 2.24) is 4.72 Å². The lowest BCUT2D eigenvalue weighted by molar-refractivity contribution is -0.140. The second kappa shape index (κ2) is 6.27. The summed E-state index contributed by atoms with van der Waals surface area (Å²) in [5.74, 6) is -1.53. The Labute approximate surface area is 169 Å². The minimum atomic E-state index is -3.98. The van der Waals surface area contributed by atoms with E-state index in [-0.39, 0.29) is 17.2 Å². The molecule has 0 spiro atoms. The van der Waals surface area contributed by atoms with Gasteiger partial charge in [0.2, 0.25) is 10.0 Å². The lowest BCUT2D eigenvalue weighted by Gasteiger charge is -2.16. The molecule has 2 N–H and O–H groups in total. The zero-order chi connectivity index (χ0) is 20.2.